The third-order valence-electron chi connectivity index (χ3n) is 4.41. The minimum Gasteiger partial charge on any atom is -0.342 e. The molecule has 3 rings (SSSR count). The average molecular weight is 247 g/mol. The number of carbonyl (C=O) groups excluding carboxylic acids is 1. The first-order valence-electron chi connectivity index (χ1n) is 6.78. The maximum absolute atomic E-state index is 13.0. The van der Waals surface area contributed by atoms with Crippen LogP contribution in [0.2, 0.25) is 0 Å². The predicted molar refractivity (Wildman–Crippen MR) is 67.7 cm³/mol. The van der Waals surface area contributed by atoms with Crippen molar-refractivity contribution in [2.45, 2.75) is 37.5 Å². The molecule has 1 heterocycles. The van der Waals surface area contributed by atoms with Crippen LogP contribution < -0.4 is 0 Å². The molecule has 0 spiro atoms. The predicted octanol–water partition coefficient (Wildman–Crippen LogP) is 2.87. The molecule has 2 nitrogen and oxygen atoms in total. The van der Waals surface area contributed by atoms with Crippen molar-refractivity contribution in [3.05, 3.63) is 35.6 Å². The average Bonchev–Trinajstić information content (AvgIpc) is 2.83. The van der Waals surface area contributed by atoms with Crippen LogP contribution in [0.1, 0.15) is 37.7 Å². The topological polar surface area (TPSA) is 20.3 Å². The molecule has 2 aliphatic rings. The Morgan fingerprint density at radius 3 is 2.17 bits per heavy atom. The van der Waals surface area contributed by atoms with E-state index in [0.29, 0.717) is 0 Å². The summed E-state index contributed by atoms with van der Waals surface area (Å²) in [4.78, 5) is 14.7. The van der Waals surface area contributed by atoms with E-state index in [4.69, 9.17) is 0 Å². The molecule has 0 radical (unpaired) electrons. The molecule has 2 fully saturated rings. The lowest BCUT2D eigenvalue weighted by atomic mass is 9.63. The molecule has 0 aromatic heterocycles. The van der Waals surface area contributed by atoms with Gasteiger partial charge >= 0.3 is 0 Å². The molecule has 1 saturated heterocycles. The van der Waals surface area contributed by atoms with Crippen LogP contribution in [0.4, 0.5) is 4.39 Å². The molecule has 1 saturated carbocycles. The van der Waals surface area contributed by atoms with Crippen molar-refractivity contribution < 1.29 is 9.18 Å². The molecule has 1 aromatic carbocycles. The van der Waals surface area contributed by atoms with Gasteiger partial charge in [0.15, 0.2) is 0 Å². The number of hydrogen-bond donors (Lipinski definition) is 0. The number of amides is 1. The molecule has 1 aliphatic carbocycles. The van der Waals surface area contributed by atoms with Gasteiger partial charge in [-0.3, -0.25) is 4.79 Å². The van der Waals surface area contributed by atoms with Crippen LogP contribution in [-0.4, -0.2) is 23.9 Å². The van der Waals surface area contributed by atoms with Gasteiger partial charge in [0, 0.05) is 13.1 Å². The van der Waals surface area contributed by atoms with Crippen molar-refractivity contribution in [1.82, 2.24) is 4.90 Å². The number of hydrogen-bond acceptors (Lipinski definition) is 1. The highest BCUT2D eigenvalue weighted by atomic mass is 19.1. The number of halogens is 1. The summed E-state index contributed by atoms with van der Waals surface area (Å²) in [5.74, 6) is 0.0275. The Morgan fingerprint density at radius 1 is 1.06 bits per heavy atom. The highest BCUT2D eigenvalue weighted by Crippen LogP contribution is 2.45. The van der Waals surface area contributed by atoms with E-state index >= 15 is 0 Å². The molecule has 18 heavy (non-hydrogen) atoms. The summed E-state index contributed by atoms with van der Waals surface area (Å²) in [6.07, 6.45) is 5.15. The van der Waals surface area contributed by atoms with Gasteiger partial charge in [0.1, 0.15) is 5.82 Å². The van der Waals surface area contributed by atoms with Crippen LogP contribution in [0.25, 0.3) is 0 Å². The first kappa shape index (κ1) is 11.7. The van der Waals surface area contributed by atoms with Crippen LogP contribution in [0.5, 0.6) is 0 Å². The lowest BCUT2D eigenvalue weighted by molar-refractivity contribution is -0.139. The van der Waals surface area contributed by atoms with Gasteiger partial charge in [-0.1, -0.05) is 18.6 Å². The number of rotatable bonds is 2. The molecule has 0 N–H and O–H groups in total. The summed E-state index contributed by atoms with van der Waals surface area (Å²) in [6, 6.07) is 6.49. The van der Waals surface area contributed by atoms with Gasteiger partial charge < -0.3 is 4.90 Å². The summed E-state index contributed by atoms with van der Waals surface area (Å²) >= 11 is 0. The summed E-state index contributed by atoms with van der Waals surface area (Å²) in [5.41, 5.74) is 0.643. The highest BCUT2D eigenvalue weighted by molar-refractivity contribution is 5.89. The van der Waals surface area contributed by atoms with Crippen LogP contribution in [0.15, 0.2) is 24.3 Å². The van der Waals surface area contributed by atoms with Crippen LogP contribution in [0, 0.1) is 5.82 Å². The van der Waals surface area contributed by atoms with Crippen LogP contribution >= 0.6 is 0 Å². The molecule has 1 aliphatic heterocycles. The second-order valence-electron chi connectivity index (χ2n) is 5.44. The van der Waals surface area contributed by atoms with Crippen molar-refractivity contribution in [2.75, 3.05) is 13.1 Å². The molecular formula is C15H18FNO. The highest BCUT2D eigenvalue weighted by Gasteiger charge is 2.47. The fourth-order valence-electron chi connectivity index (χ4n) is 3.15. The third kappa shape index (κ3) is 1.73. The van der Waals surface area contributed by atoms with Crippen molar-refractivity contribution in [2.24, 2.45) is 0 Å². The molecule has 0 unspecified atom stereocenters. The monoisotopic (exact) mass is 247 g/mol. The summed E-state index contributed by atoms with van der Waals surface area (Å²) < 4.78 is 13.0. The molecule has 3 heteroatoms. The Kier molecular flexibility index (Phi) is 2.84. The van der Waals surface area contributed by atoms with Gasteiger partial charge in [-0.05, 0) is 43.4 Å². The van der Waals surface area contributed by atoms with Gasteiger partial charge in [0.05, 0.1) is 5.41 Å². The van der Waals surface area contributed by atoms with Crippen molar-refractivity contribution in [1.29, 1.82) is 0 Å². The van der Waals surface area contributed by atoms with Gasteiger partial charge in [-0.2, -0.15) is 0 Å². The minimum absolute atomic E-state index is 0.234. The maximum atomic E-state index is 13.0. The fraction of sp³-hybridized carbons (Fsp3) is 0.533. The van der Waals surface area contributed by atoms with E-state index in [9.17, 15) is 9.18 Å². The standard InChI is InChI=1S/C15H18FNO/c16-13-6-4-12(5-7-13)15(8-3-9-15)14(18)17-10-1-2-11-17/h4-7H,1-3,8-11H2. The Labute approximate surface area is 107 Å². The van der Waals surface area contributed by atoms with Gasteiger partial charge in [-0.15, -0.1) is 0 Å². The zero-order valence-corrected chi connectivity index (χ0v) is 10.5. The molecule has 0 atom stereocenters. The molecule has 96 valence electrons. The summed E-state index contributed by atoms with van der Waals surface area (Å²) in [6.45, 7) is 1.78. The van der Waals surface area contributed by atoms with Crippen LogP contribution in [-0.2, 0) is 10.2 Å². The first-order chi connectivity index (χ1) is 8.72. The SMILES string of the molecule is O=C(N1CCCC1)C1(c2ccc(F)cc2)CCC1. The Balaban J connectivity index is 1.89. The molecular weight excluding hydrogens is 229 g/mol. The van der Waals surface area contributed by atoms with Crippen molar-refractivity contribution in [3.63, 3.8) is 0 Å². The summed E-state index contributed by atoms with van der Waals surface area (Å²) in [5, 5.41) is 0. The van der Waals surface area contributed by atoms with E-state index in [1.54, 1.807) is 12.1 Å². The van der Waals surface area contributed by atoms with E-state index in [1.807, 2.05) is 4.90 Å². The van der Waals surface area contributed by atoms with Gasteiger partial charge in [-0.25, -0.2) is 4.39 Å². The van der Waals surface area contributed by atoms with Crippen molar-refractivity contribution >= 4 is 5.91 Å². The quantitative estimate of drug-likeness (QED) is 0.787. The lowest BCUT2D eigenvalue weighted by Crippen LogP contribution is -2.50. The first-order valence-corrected chi connectivity index (χ1v) is 6.78. The second-order valence-corrected chi connectivity index (χ2v) is 5.44. The largest absolute Gasteiger partial charge is 0.342 e. The Morgan fingerprint density at radius 2 is 1.67 bits per heavy atom. The smallest absolute Gasteiger partial charge is 0.233 e. The van der Waals surface area contributed by atoms with Gasteiger partial charge in [0.25, 0.3) is 0 Å². The lowest BCUT2D eigenvalue weighted by Gasteiger charge is -2.43. The number of likely N-dealkylation sites (tertiary alicyclic amines) is 1. The second kappa shape index (κ2) is 4.38. The number of carbonyl (C=O) groups is 1. The van der Waals surface area contributed by atoms with E-state index in [2.05, 4.69) is 0 Å². The van der Waals surface area contributed by atoms with E-state index in [0.717, 1.165) is 50.8 Å². The molecule has 1 amide bonds. The van der Waals surface area contributed by atoms with E-state index in [1.165, 1.54) is 12.1 Å². The van der Waals surface area contributed by atoms with Crippen LogP contribution in [0.3, 0.4) is 0 Å². The van der Waals surface area contributed by atoms with Gasteiger partial charge in [0.2, 0.25) is 5.91 Å². The minimum atomic E-state index is -0.349. The molecule has 1 aromatic rings. The fourth-order valence-corrected chi connectivity index (χ4v) is 3.15. The Bertz CT molecular complexity index is 444. The third-order valence-corrected chi connectivity index (χ3v) is 4.41. The summed E-state index contributed by atoms with van der Waals surface area (Å²) in [7, 11) is 0. The maximum Gasteiger partial charge on any atom is 0.233 e. The number of benzene rings is 1. The Hall–Kier alpha value is -1.38. The number of nitrogens with zero attached hydrogens (tertiary/aromatic N) is 1. The van der Waals surface area contributed by atoms with E-state index < -0.39 is 0 Å². The molecule has 0 bridgehead atoms. The zero-order valence-electron chi connectivity index (χ0n) is 10.5. The zero-order chi connectivity index (χ0) is 12.6. The van der Waals surface area contributed by atoms with E-state index in [-0.39, 0.29) is 17.1 Å². The van der Waals surface area contributed by atoms with Crippen molar-refractivity contribution in [3.8, 4) is 0 Å². The normalized spacial score (nSPS) is 21.7.